The van der Waals surface area contributed by atoms with Crippen molar-refractivity contribution in [2.24, 2.45) is 0 Å². The van der Waals surface area contributed by atoms with E-state index < -0.39 is 0 Å². The van der Waals surface area contributed by atoms with Crippen molar-refractivity contribution in [1.29, 1.82) is 0 Å². The highest BCUT2D eigenvalue weighted by Gasteiger charge is 2.21. The van der Waals surface area contributed by atoms with Gasteiger partial charge in [0.1, 0.15) is 5.75 Å². The number of rotatable bonds is 5. The zero-order valence-corrected chi connectivity index (χ0v) is 11.2. The molecule has 0 bridgehead atoms. The Labute approximate surface area is 109 Å². The van der Waals surface area contributed by atoms with Crippen molar-refractivity contribution in [3.8, 4) is 5.75 Å². The SMILES string of the molecule is COc1cccc(C(=O)CN(C)C2CCCC2)c1. The standard InChI is InChI=1S/C15H21NO2/c1-16(13-7-3-4-8-13)11-15(17)12-6-5-9-14(10-12)18-2/h5-6,9-10,13H,3-4,7-8,11H2,1-2H3. The minimum absolute atomic E-state index is 0.170. The van der Waals surface area contributed by atoms with Crippen molar-refractivity contribution in [2.75, 3.05) is 20.7 Å². The summed E-state index contributed by atoms with van der Waals surface area (Å²) in [7, 11) is 3.67. The number of nitrogens with zero attached hydrogens (tertiary/aromatic N) is 1. The molecular weight excluding hydrogens is 226 g/mol. The summed E-state index contributed by atoms with van der Waals surface area (Å²) in [5.74, 6) is 0.910. The Kier molecular flexibility index (Phi) is 4.37. The lowest BCUT2D eigenvalue weighted by Crippen LogP contribution is -2.34. The summed E-state index contributed by atoms with van der Waals surface area (Å²) in [5.41, 5.74) is 0.735. The summed E-state index contributed by atoms with van der Waals surface area (Å²) < 4.78 is 5.14. The average molecular weight is 247 g/mol. The van der Waals surface area contributed by atoms with Crippen LogP contribution in [-0.2, 0) is 0 Å². The van der Waals surface area contributed by atoms with Gasteiger partial charge in [-0.3, -0.25) is 9.69 Å². The molecule has 0 amide bonds. The van der Waals surface area contributed by atoms with Crippen molar-refractivity contribution in [3.63, 3.8) is 0 Å². The first-order valence-electron chi connectivity index (χ1n) is 6.58. The third-order valence-electron chi connectivity index (χ3n) is 3.73. The lowest BCUT2D eigenvalue weighted by Gasteiger charge is -2.23. The molecule has 1 fully saturated rings. The molecule has 1 aromatic carbocycles. The van der Waals surface area contributed by atoms with Gasteiger partial charge in [0.25, 0.3) is 0 Å². The number of methoxy groups -OCH3 is 1. The van der Waals surface area contributed by atoms with Crippen molar-refractivity contribution in [2.45, 2.75) is 31.7 Å². The van der Waals surface area contributed by atoms with Gasteiger partial charge >= 0.3 is 0 Å². The minimum atomic E-state index is 0.170. The van der Waals surface area contributed by atoms with E-state index in [1.807, 2.05) is 31.3 Å². The quantitative estimate of drug-likeness (QED) is 0.749. The highest BCUT2D eigenvalue weighted by molar-refractivity contribution is 5.97. The van der Waals surface area contributed by atoms with Crippen molar-refractivity contribution in [3.05, 3.63) is 29.8 Å². The number of likely N-dealkylation sites (N-methyl/N-ethyl adjacent to an activating group) is 1. The van der Waals surface area contributed by atoms with Gasteiger partial charge in [-0.05, 0) is 32.0 Å². The maximum atomic E-state index is 12.2. The van der Waals surface area contributed by atoms with E-state index in [4.69, 9.17) is 4.74 Å². The van der Waals surface area contributed by atoms with E-state index >= 15 is 0 Å². The van der Waals surface area contributed by atoms with Crippen LogP contribution >= 0.6 is 0 Å². The predicted molar refractivity (Wildman–Crippen MR) is 72.2 cm³/mol. The Balaban J connectivity index is 1.97. The molecule has 0 unspecified atom stereocenters. The van der Waals surface area contributed by atoms with E-state index in [0.717, 1.165) is 11.3 Å². The highest BCUT2D eigenvalue weighted by Crippen LogP contribution is 2.22. The second-order valence-electron chi connectivity index (χ2n) is 5.01. The number of Topliss-reactive ketones (excluding diaryl/α,β-unsaturated/α-hetero) is 1. The number of hydrogen-bond donors (Lipinski definition) is 0. The molecule has 1 saturated carbocycles. The van der Waals surface area contributed by atoms with Crippen LogP contribution in [-0.4, -0.2) is 37.4 Å². The van der Waals surface area contributed by atoms with E-state index in [-0.39, 0.29) is 5.78 Å². The molecule has 0 radical (unpaired) electrons. The number of hydrogen-bond acceptors (Lipinski definition) is 3. The smallest absolute Gasteiger partial charge is 0.176 e. The van der Waals surface area contributed by atoms with Crippen molar-refractivity contribution in [1.82, 2.24) is 4.90 Å². The van der Waals surface area contributed by atoms with Crippen LogP contribution < -0.4 is 4.74 Å². The second kappa shape index (κ2) is 6.01. The first-order valence-corrected chi connectivity index (χ1v) is 6.58. The fourth-order valence-corrected chi connectivity index (χ4v) is 2.59. The van der Waals surface area contributed by atoms with Crippen LogP contribution in [0.15, 0.2) is 24.3 Å². The predicted octanol–water partition coefficient (Wildman–Crippen LogP) is 2.75. The monoisotopic (exact) mass is 247 g/mol. The van der Waals surface area contributed by atoms with Crippen LogP contribution in [0, 0.1) is 0 Å². The van der Waals surface area contributed by atoms with Gasteiger partial charge in [0.2, 0.25) is 0 Å². The van der Waals surface area contributed by atoms with Crippen molar-refractivity contribution >= 4 is 5.78 Å². The molecule has 3 heteroatoms. The van der Waals surface area contributed by atoms with Crippen LogP contribution in [0.3, 0.4) is 0 Å². The molecule has 2 rings (SSSR count). The molecule has 1 aromatic rings. The van der Waals surface area contributed by atoms with Crippen LogP contribution in [0.5, 0.6) is 5.75 Å². The Bertz CT molecular complexity index is 411. The molecule has 98 valence electrons. The molecule has 18 heavy (non-hydrogen) atoms. The van der Waals surface area contributed by atoms with Crippen LogP contribution in [0.2, 0.25) is 0 Å². The van der Waals surface area contributed by atoms with Gasteiger partial charge in [-0.15, -0.1) is 0 Å². The highest BCUT2D eigenvalue weighted by atomic mass is 16.5. The van der Waals surface area contributed by atoms with Gasteiger partial charge in [-0.25, -0.2) is 0 Å². The number of carbonyl (C=O) groups excluding carboxylic acids is 1. The fourth-order valence-electron chi connectivity index (χ4n) is 2.59. The van der Waals surface area contributed by atoms with Crippen LogP contribution in [0.4, 0.5) is 0 Å². The number of ether oxygens (including phenoxy) is 1. The van der Waals surface area contributed by atoms with E-state index in [9.17, 15) is 4.79 Å². The van der Waals surface area contributed by atoms with Gasteiger partial charge in [0.15, 0.2) is 5.78 Å². The normalized spacial score (nSPS) is 16.2. The van der Waals surface area contributed by atoms with Crippen LogP contribution in [0.1, 0.15) is 36.0 Å². The van der Waals surface area contributed by atoms with Crippen molar-refractivity contribution < 1.29 is 9.53 Å². The summed E-state index contributed by atoms with van der Waals surface area (Å²) >= 11 is 0. The first-order chi connectivity index (χ1) is 8.70. The summed E-state index contributed by atoms with van der Waals surface area (Å²) in [6.07, 6.45) is 5.04. The Morgan fingerprint density at radius 1 is 1.39 bits per heavy atom. The largest absolute Gasteiger partial charge is 0.497 e. The van der Waals surface area contributed by atoms with E-state index in [0.29, 0.717) is 12.6 Å². The molecule has 0 aromatic heterocycles. The number of ketones is 1. The van der Waals surface area contributed by atoms with Gasteiger partial charge in [-0.2, -0.15) is 0 Å². The summed E-state index contributed by atoms with van der Waals surface area (Å²) in [6.45, 7) is 0.498. The molecule has 3 nitrogen and oxygen atoms in total. The van der Waals surface area contributed by atoms with Gasteiger partial charge in [0.05, 0.1) is 13.7 Å². The number of carbonyl (C=O) groups is 1. The van der Waals surface area contributed by atoms with Gasteiger partial charge < -0.3 is 4.74 Å². The maximum absolute atomic E-state index is 12.2. The summed E-state index contributed by atoms with van der Waals surface area (Å²) in [6, 6.07) is 7.97. The molecule has 0 atom stereocenters. The summed E-state index contributed by atoms with van der Waals surface area (Å²) in [4.78, 5) is 14.4. The first kappa shape index (κ1) is 13.1. The molecule has 0 spiro atoms. The third-order valence-corrected chi connectivity index (χ3v) is 3.73. The molecule has 1 aliphatic carbocycles. The minimum Gasteiger partial charge on any atom is -0.497 e. The van der Waals surface area contributed by atoms with E-state index in [1.165, 1.54) is 25.7 Å². The molecule has 1 aliphatic rings. The lowest BCUT2D eigenvalue weighted by atomic mass is 10.1. The Morgan fingerprint density at radius 3 is 2.78 bits per heavy atom. The maximum Gasteiger partial charge on any atom is 0.176 e. The molecule has 0 N–H and O–H groups in total. The topological polar surface area (TPSA) is 29.5 Å². The Morgan fingerprint density at radius 2 is 2.11 bits per heavy atom. The lowest BCUT2D eigenvalue weighted by molar-refractivity contribution is 0.0920. The molecule has 0 saturated heterocycles. The van der Waals surface area contributed by atoms with Gasteiger partial charge in [0, 0.05) is 11.6 Å². The third kappa shape index (κ3) is 3.10. The molecular formula is C15H21NO2. The fraction of sp³-hybridized carbons (Fsp3) is 0.533. The number of benzene rings is 1. The zero-order chi connectivity index (χ0) is 13.0. The van der Waals surface area contributed by atoms with E-state index in [2.05, 4.69) is 4.90 Å². The van der Waals surface area contributed by atoms with Crippen LogP contribution in [0.25, 0.3) is 0 Å². The molecule has 0 heterocycles. The average Bonchev–Trinajstić information content (AvgIpc) is 2.92. The zero-order valence-electron chi connectivity index (χ0n) is 11.2. The molecule has 0 aliphatic heterocycles. The van der Waals surface area contributed by atoms with E-state index in [1.54, 1.807) is 7.11 Å². The second-order valence-corrected chi connectivity index (χ2v) is 5.01. The Hall–Kier alpha value is -1.35. The van der Waals surface area contributed by atoms with Gasteiger partial charge in [-0.1, -0.05) is 25.0 Å². The summed E-state index contributed by atoms with van der Waals surface area (Å²) in [5, 5.41) is 0.